The van der Waals surface area contributed by atoms with Gasteiger partial charge < -0.3 is 19.3 Å². The number of aryl methyl sites for hydroxylation is 1. The van der Waals surface area contributed by atoms with Crippen molar-refractivity contribution in [3.05, 3.63) is 65.5 Å². The molecule has 2 aromatic carbocycles. The monoisotopic (exact) mass is 393 g/mol. The summed E-state index contributed by atoms with van der Waals surface area (Å²) < 4.78 is 8.04. The first-order valence-electron chi connectivity index (χ1n) is 9.97. The van der Waals surface area contributed by atoms with E-state index in [9.17, 15) is 9.90 Å². The Morgan fingerprint density at radius 2 is 2.00 bits per heavy atom. The number of hydrogen-bond acceptors (Lipinski definition) is 4. The van der Waals surface area contributed by atoms with Crippen LogP contribution >= 0.6 is 0 Å². The van der Waals surface area contributed by atoms with Crippen LogP contribution in [0.2, 0.25) is 0 Å². The van der Waals surface area contributed by atoms with Gasteiger partial charge in [0.25, 0.3) is 5.91 Å². The molecule has 1 aliphatic rings. The number of aromatic nitrogens is 2. The first kappa shape index (κ1) is 19.6. The molecule has 0 saturated carbocycles. The Labute approximate surface area is 170 Å². The summed E-state index contributed by atoms with van der Waals surface area (Å²) in [7, 11) is 0. The number of ether oxygens (including phenoxy) is 1. The summed E-state index contributed by atoms with van der Waals surface area (Å²) in [5.74, 6) is 0.810. The third-order valence-electron chi connectivity index (χ3n) is 5.64. The Bertz CT molecular complexity index is 1030. The van der Waals surface area contributed by atoms with Crippen LogP contribution in [0.25, 0.3) is 11.0 Å². The lowest BCUT2D eigenvalue weighted by atomic mass is 9.96. The van der Waals surface area contributed by atoms with Crippen LogP contribution in [0.5, 0.6) is 0 Å². The molecule has 1 saturated heterocycles. The van der Waals surface area contributed by atoms with Gasteiger partial charge in [-0.05, 0) is 44.5 Å². The SMILES string of the molecule is Cc1nc2cc(C(=O)N3C[C@@H](c4ccccc4)OCC3(C)C)ccc2n1CCO. The molecule has 6 heteroatoms. The summed E-state index contributed by atoms with van der Waals surface area (Å²) in [6.07, 6.45) is -0.136. The molecule has 29 heavy (non-hydrogen) atoms. The highest BCUT2D eigenvalue weighted by atomic mass is 16.5. The number of morpholine rings is 1. The molecular weight excluding hydrogens is 366 g/mol. The topological polar surface area (TPSA) is 67.6 Å². The van der Waals surface area contributed by atoms with Crippen molar-refractivity contribution in [1.82, 2.24) is 14.5 Å². The molecule has 4 rings (SSSR count). The van der Waals surface area contributed by atoms with Gasteiger partial charge in [-0.3, -0.25) is 4.79 Å². The number of carbonyl (C=O) groups excluding carboxylic acids is 1. The van der Waals surface area contributed by atoms with Crippen LogP contribution in [0.3, 0.4) is 0 Å². The van der Waals surface area contributed by atoms with E-state index >= 15 is 0 Å². The predicted octanol–water partition coefficient (Wildman–Crippen LogP) is 3.33. The Hall–Kier alpha value is -2.70. The lowest BCUT2D eigenvalue weighted by Crippen LogP contribution is -2.56. The quantitative estimate of drug-likeness (QED) is 0.738. The first-order chi connectivity index (χ1) is 13.9. The zero-order valence-electron chi connectivity index (χ0n) is 17.1. The van der Waals surface area contributed by atoms with Crippen LogP contribution in [0.4, 0.5) is 0 Å². The molecule has 6 nitrogen and oxygen atoms in total. The minimum atomic E-state index is -0.399. The highest BCUT2D eigenvalue weighted by Crippen LogP contribution is 2.32. The summed E-state index contributed by atoms with van der Waals surface area (Å²) in [6.45, 7) is 7.50. The number of aliphatic hydroxyl groups is 1. The zero-order valence-corrected chi connectivity index (χ0v) is 17.1. The number of carbonyl (C=O) groups is 1. The van der Waals surface area contributed by atoms with E-state index in [1.807, 2.05) is 78.8 Å². The smallest absolute Gasteiger partial charge is 0.254 e. The van der Waals surface area contributed by atoms with Crippen molar-refractivity contribution in [1.29, 1.82) is 0 Å². The summed E-state index contributed by atoms with van der Waals surface area (Å²) in [6, 6.07) is 15.6. The van der Waals surface area contributed by atoms with Crippen LogP contribution in [0.1, 0.15) is 41.7 Å². The average molecular weight is 393 g/mol. The summed E-state index contributed by atoms with van der Waals surface area (Å²) in [5, 5.41) is 9.29. The van der Waals surface area contributed by atoms with Crippen LogP contribution in [-0.2, 0) is 11.3 Å². The minimum absolute atomic E-state index is 0.0181. The van der Waals surface area contributed by atoms with Crippen molar-refractivity contribution >= 4 is 16.9 Å². The van der Waals surface area contributed by atoms with Crippen molar-refractivity contribution in [2.45, 2.75) is 39.0 Å². The number of fused-ring (bicyclic) bond motifs is 1. The molecule has 0 spiro atoms. The second-order valence-electron chi connectivity index (χ2n) is 8.18. The van der Waals surface area contributed by atoms with E-state index in [1.54, 1.807) is 0 Å². The van der Waals surface area contributed by atoms with Crippen LogP contribution in [0, 0.1) is 6.92 Å². The fourth-order valence-corrected chi connectivity index (χ4v) is 4.00. The third-order valence-corrected chi connectivity index (χ3v) is 5.64. The second-order valence-corrected chi connectivity index (χ2v) is 8.18. The van der Waals surface area contributed by atoms with E-state index in [4.69, 9.17) is 4.74 Å². The highest BCUT2D eigenvalue weighted by Gasteiger charge is 2.39. The van der Waals surface area contributed by atoms with Gasteiger partial charge in [-0.1, -0.05) is 30.3 Å². The molecule has 0 unspecified atom stereocenters. The molecule has 0 radical (unpaired) electrons. The molecule has 1 fully saturated rings. The molecular formula is C23H27N3O3. The Kier molecular flexibility index (Phi) is 5.15. The number of imidazole rings is 1. The molecule has 1 aliphatic heterocycles. The maximum atomic E-state index is 13.4. The normalized spacial score (nSPS) is 18.9. The van der Waals surface area contributed by atoms with E-state index in [1.165, 1.54) is 0 Å². The fourth-order valence-electron chi connectivity index (χ4n) is 4.00. The van der Waals surface area contributed by atoms with Gasteiger partial charge in [0.15, 0.2) is 0 Å². The van der Waals surface area contributed by atoms with Crippen molar-refractivity contribution in [3.8, 4) is 0 Å². The van der Waals surface area contributed by atoms with Crippen LogP contribution < -0.4 is 0 Å². The van der Waals surface area contributed by atoms with Gasteiger partial charge in [0.2, 0.25) is 0 Å². The maximum absolute atomic E-state index is 13.4. The van der Waals surface area contributed by atoms with Crippen molar-refractivity contribution in [2.24, 2.45) is 0 Å². The maximum Gasteiger partial charge on any atom is 0.254 e. The number of benzene rings is 2. The predicted molar refractivity (Wildman–Crippen MR) is 112 cm³/mol. The molecule has 0 aliphatic carbocycles. The van der Waals surface area contributed by atoms with Crippen LogP contribution in [0.15, 0.2) is 48.5 Å². The van der Waals surface area contributed by atoms with Crippen LogP contribution in [-0.4, -0.2) is 50.8 Å². The number of aliphatic hydroxyl groups excluding tert-OH is 1. The molecule has 3 aromatic rings. The summed E-state index contributed by atoms with van der Waals surface area (Å²) in [5.41, 5.74) is 3.00. The van der Waals surface area contributed by atoms with E-state index in [2.05, 4.69) is 4.98 Å². The molecule has 0 bridgehead atoms. The van der Waals surface area contributed by atoms with Gasteiger partial charge >= 0.3 is 0 Å². The van der Waals surface area contributed by atoms with Gasteiger partial charge in [0.1, 0.15) is 11.9 Å². The molecule has 1 aromatic heterocycles. The lowest BCUT2D eigenvalue weighted by molar-refractivity contribution is -0.0846. The second kappa shape index (κ2) is 7.61. The molecule has 152 valence electrons. The van der Waals surface area contributed by atoms with Crippen molar-refractivity contribution < 1.29 is 14.6 Å². The van der Waals surface area contributed by atoms with Crippen molar-refractivity contribution in [2.75, 3.05) is 19.8 Å². The Morgan fingerprint density at radius 1 is 1.24 bits per heavy atom. The zero-order chi connectivity index (χ0) is 20.6. The first-order valence-corrected chi connectivity index (χ1v) is 9.97. The third kappa shape index (κ3) is 3.66. The Balaban J connectivity index is 1.64. The minimum Gasteiger partial charge on any atom is -0.395 e. The molecule has 1 atom stereocenters. The number of hydrogen-bond donors (Lipinski definition) is 1. The van der Waals surface area contributed by atoms with E-state index in [-0.39, 0.29) is 18.6 Å². The number of nitrogens with zero attached hydrogens (tertiary/aromatic N) is 3. The fraction of sp³-hybridized carbons (Fsp3) is 0.391. The van der Waals surface area contributed by atoms with Gasteiger partial charge in [-0.25, -0.2) is 4.98 Å². The average Bonchev–Trinajstić information content (AvgIpc) is 3.03. The van der Waals surface area contributed by atoms with E-state index in [0.717, 1.165) is 22.4 Å². The largest absolute Gasteiger partial charge is 0.395 e. The number of amides is 1. The van der Waals surface area contributed by atoms with Crippen molar-refractivity contribution in [3.63, 3.8) is 0 Å². The van der Waals surface area contributed by atoms with Gasteiger partial charge in [-0.15, -0.1) is 0 Å². The van der Waals surface area contributed by atoms with E-state index in [0.29, 0.717) is 25.3 Å². The van der Waals surface area contributed by atoms with Gasteiger partial charge in [0.05, 0.1) is 36.3 Å². The standard InChI is InChI=1S/C23H27N3O3/c1-16-24-19-13-18(9-10-20(19)25(16)11-12-27)22(28)26-14-21(29-15-23(26,2)3)17-7-5-4-6-8-17/h4-10,13,21,27H,11-12,14-15H2,1-3H3/t21-/m0/s1. The van der Waals surface area contributed by atoms with E-state index < -0.39 is 5.54 Å². The Morgan fingerprint density at radius 3 is 2.72 bits per heavy atom. The van der Waals surface area contributed by atoms with Gasteiger partial charge in [0, 0.05) is 12.1 Å². The molecule has 1 amide bonds. The lowest BCUT2D eigenvalue weighted by Gasteiger charge is -2.45. The number of rotatable bonds is 4. The summed E-state index contributed by atoms with van der Waals surface area (Å²) >= 11 is 0. The summed E-state index contributed by atoms with van der Waals surface area (Å²) in [4.78, 5) is 19.9. The highest BCUT2D eigenvalue weighted by molar-refractivity contribution is 5.98. The molecule has 1 N–H and O–H groups in total. The molecule has 2 heterocycles. The van der Waals surface area contributed by atoms with Gasteiger partial charge in [-0.2, -0.15) is 0 Å².